The number of unbranched alkanes of at least 4 members (excludes halogenated alkanes) is 1. The summed E-state index contributed by atoms with van der Waals surface area (Å²) >= 11 is -1.16. The van der Waals surface area contributed by atoms with Crippen molar-refractivity contribution in [3.8, 4) is 0 Å². The van der Waals surface area contributed by atoms with Gasteiger partial charge in [-0.2, -0.15) is 0 Å². The van der Waals surface area contributed by atoms with Crippen molar-refractivity contribution >= 4 is 16.5 Å². The molecule has 4 heteroatoms. The molecule has 0 spiro atoms. The first-order chi connectivity index (χ1) is 8.67. The molecule has 1 aliphatic heterocycles. The summed E-state index contributed by atoms with van der Waals surface area (Å²) in [4.78, 5) is 6.62. The predicted octanol–water partition coefficient (Wildman–Crippen LogP) is 1.91. The third kappa shape index (κ3) is 6.11. The van der Waals surface area contributed by atoms with Gasteiger partial charge in [-0.3, -0.25) is 0 Å². The Morgan fingerprint density at radius 2 is 1.89 bits per heavy atom. The number of rotatable bonds is 8. The van der Waals surface area contributed by atoms with Crippen molar-refractivity contribution in [3.05, 3.63) is 0 Å². The van der Waals surface area contributed by atoms with Crippen LogP contribution in [0.3, 0.4) is 0 Å². The topological polar surface area (TPSA) is 9.72 Å². The molecule has 1 heterocycles. The average molecular weight is 312 g/mol. The fourth-order valence-electron chi connectivity index (χ4n) is 2.97. The third-order valence-electron chi connectivity index (χ3n) is 4.03. The molecule has 0 saturated carbocycles. The normalized spacial score (nSPS) is 18.8. The molecular formula is C14H32GaN3. The molecular weight excluding hydrogens is 280 g/mol. The zero-order chi connectivity index (χ0) is 13.4. The molecule has 0 aliphatic carbocycles. The van der Waals surface area contributed by atoms with Gasteiger partial charge in [0.2, 0.25) is 0 Å². The van der Waals surface area contributed by atoms with E-state index in [4.69, 9.17) is 0 Å². The number of hydrogen-bond acceptors (Lipinski definition) is 3. The summed E-state index contributed by atoms with van der Waals surface area (Å²) in [6.07, 6.45) is 4.17. The molecule has 3 nitrogen and oxygen atoms in total. The van der Waals surface area contributed by atoms with Gasteiger partial charge >= 0.3 is 120 Å². The molecule has 1 saturated heterocycles. The maximum atomic E-state index is 2.87. The summed E-state index contributed by atoms with van der Waals surface area (Å²) < 4.78 is 2.87. The van der Waals surface area contributed by atoms with E-state index in [0.717, 1.165) is 0 Å². The standard InChI is InChI=1S/C8H18N2.C6H14N.Ga/c1-4-7-10(3)8-6-9-5-2;1-4-5-6-7(2)3;/h3-8H2,1-2H3;1,4-6H2,2-3H3;/q-1;;+1. The van der Waals surface area contributed by atoms with Crippen molar-refractivity contribution in [2.75, 3.05) is 51.9 Å². The fourth-order valence-corrected chi connectivity index (χ4v) is 10.3. The van der Waals surface area contributed by atoms with Crippen molar-refractivity contribution < 1.29 is 0 Å². The van der Waals surface area contributed by atoms with Crippen molar-refractivity contribution in [2.45, 2.75) is 38.1 Å². The molecule has 18 heavy (non-hydrogen) atoms. The van der Waals surface area contributed by atoms with Crippen LogP contribution in [0.2, 0.25) is 4.98 Å². The molecule has 0 aromatic heterocycles. The molecule has 0 atom stereocenters. The summed E-state index contributed by atoms with van der Waals surface area (Å²) in [5.74, 6) is 0. The molecule has 0 radical (unpaired) electrons. The van der Waals surface area contributed by atoms with Crippen molar-refractivity contribution in [1.29, 1.82) is 0 Å². The average Bonchev–Trinajstić information content (AvgIpc) is 2.35. The minimum atomic E-state index is -1.16. The Bertz CT molecular complexity index is 211. The Morgan fingerprint density at radius 3 is 2.50 bits per heavy atom. The van der Waals surface area contributed by atoms with Gasteiger partial charge in [-0.05, 0) is 0 Å². The third-order valence-corrected chi connectivity index (χ3v) is 11.7. The summed E-state index contributed by atoms with van der Waals surface area (Å²) in [6, 6.07) is 0. The Balaban J connectivity index is 2.28. The Kier molecular flexibility index (Phi) is 8.68. The first-order valence-electron chi connectivity index (χ1n) is 7.78. The van der Waals surface area contributed by atoms with Crippen molar-refractivity contribution in [2.24, 2.45) is 0 Å². The van der Waals surface area contributed by atoms with Crippen LogP contribution in [0.4, 0.5) is 0 Å². The molecule has 0 N–H and O–H groups in total. The van der Waals surface area contributed by atoms with Crippen LogP contribution >= 0.6 is 0 Å². The van der Waals surface area contributed by atoms with Crippen LogP contribution in [-0.4, -0.2) is 81.8 Å². The van der Waals surface area contributed by atoms with Gasteiger partial charge in [0.05, 0.1) is 0 Å². The van der Waals surface area contributed by atoms with Gasteiger partial charge < -0.3 is 0 Å². The fraction of sp³-hybridized carbons (Fsp3) is 1.00. The van der Waals surface area contributed by atoms with Crippen LogP contribution in [-0.2, 0) is 0 Å². The monoisotopic (exact) mass is 311 g/mol. The summed E-state index contributed by atoms with van der Waals surface area (Å²) in [6.45, 7) is 11.2. The van der Waals surface area contributed by atoms with Crippen molar-refractivity contribution in [1.82, 2.24) is 13.4 Å². The van der Waals surface area contributed by atoms with E-state index in [1.54, 1.807) is 4.98 Å². The van der Waals surface area contributed by atoms with Crippen LogP contribution < -0.4 is 0 Å². The molecule has 106 valence electrons. The first kappa shape index (κ1) is 16.6. The van der Waals surface area contributed by atoms with Gasteiger partial charge in [0.1, 0.15) is 0 Å². The zero-order valence-electron chi connectivity index (χ0n) is 13.0. The van der Waals surface area contributed by atoms with E-state index in [1.165, 1.54) is 57.1 Å². The molecule has 1 rings (SSSR count). The van der Waals surface area contributed by atoms with Crippen LogP contribution in [0.5, 0.6) is 0 Å². The number of nitrogens with zero attached hydrogens (tertiary/aromatic N) is 3. The Labute approximate surface area is 120 Å². The van der Waals surface area contributed by atoms with E-state index in [9.17, 15) is 0 Å². The molecule has 0 aromatic carbocycles. The number of likely N-dealkylation sites (N-methyl/N-ethyl adjacent to an activating group) is 1. The van der Waals surface area contributed by atoms with Gasteiger partial charge in [0.25, 0.3) is 0 Å². The van der Waals surface area contributed by atoms with Crippen LogP contribution in [0.1, 0.15) is 33.1 Å². The molecule has 1 aliphatic rings. The second-order valence-electron chi connectivity index (χ2n) is 5.88. The van der Waals surface area contributed by atoms with E-state index < -0.39 is 16.5 Å². The Morgan fingerprint density at radius 1 is 1.11 bits per heavy atom. The van der Waals surface area contributed by atoms with Crippen LogP contribution in [0, 0.1) is 0 Å². The quantitative estimate of drug-likeness (QED) is 0.501. The molecule has 0 unspecified atom stereocenters. The SMILES string of the molecule is CCCN1CC[N](CC)[Ga]([CH2]CCCN(C)C)[CH2]1. The molecule has 0 amide bonds. The summed E-state index contributed by atoms with van der Waals surface area (Å²) in [5, 5.41) is 1.48. The molecule has 0 aromatic rings. The zero-order valence-corrected chi connectivity index (χ0v) is 15.4. The van der Waals surface area contributed by atoms with Gasteiger partial charge in [0, 0.05) is 0 Å². The summed E-state index contributed by atoms with van der Waals surface area (Å²) in [7, 11) is 4.37. The first-order valence-corrected chi connectivity index (χ1v) is 12.3. The Hall–Kier alpha value is 0.516. The predicted molar refractivity (Wildman–Crippen MR) is 82.3 cm³/mol. The van der Waals surface area contributed by atoms with E-state index in [1.807, 2.05) is 0 Å². The van der Waals surface area contributed by atoms with E-state index in [0.29, 0.717) is 0 Å². The summed E-state index contributed by atoms with van der Waals surface area (Å²) in [5.41, 5.74) is 0. The van der Waals surface area contributed by atoms with Crippen LogP contribution in [0.15, 0.2) is 0 Å². The molecule has 0 bridgehead atoms. The van der Waals surface area contributed by atoms with E-state index >= 15 is 0 Å². The minimum absolute atomic E-state index is 1.16. The van der Waals surface area contributed by atoms with E-state index in [2.05, 4.69) is 41.3 Å². The van der Waals surface area contributed by atoms with Gasteiger partial charge in [-0.15, -0.1) is 0 Å². The number of hydrogen-bond donors (Lipinski definition) is 0. The maximum absolute atomic E-state index is 2.87. The van der Waals surface area contributed by atoms with Gasteiger partial charge in [0.15, 0.2) is 0 Å². The second-order valence-corrected chi connectivity index (χ2v) is 12.1. The molecule has 1 fully saturated rings. The van der Waals surface area contributed by atoms with Gasteiger partial charge in [-0.25, -0.2) is 0 Å². The van der Waals surface area contributed by atoms with Crippen molar-refractivity contribution in [3.63, 3.8) is 0 Å². The van der Waals surface area contributed by atoms with E-state index in [-0.39, 0.29) is 0 Å². The van der Waals surface area contributed by atoms with Crippen LogP contribution in [0.25, 0.3) is 0 Å². The van der Waals surface area contributed by atoms with Gasteiger partial charge in [-0.1, -0.05) is 0 Å². The second kappa shape index (κ2) is 9.42.